The number of methoxy groups -OCH3 is 2. The van der Waals surface area contributed by atoms with E-state index in [0.29, 0.717) is 16.5 Å². The Labute approximate surface area is 138 Å². The molecule has 1 unspecified atom stereocenters. The first-order chi connectivity index (χ1) is 10.5. The van der Waals surface area contributed by atoms with Crippen molar-refractivity contribution in [2.24, 2.45) is 0 Å². The zero-order valence-corrected chi connectivity index (χ0v) is 14.3. The van der Waals surface area contributed by atoms with Gasteiger partial charge in [-0.3, -0.25) is 0 Å². The Hall–Kier alpha value is -1.73. The number of nitrogens with zero attached hydrogens (tertiary/aromatic N) is 3. The standard InChI is InChI=1S/C14H17ClN4O2S/c1-14(22-4,8-6-5-7-9(15)10(8)16)11-17-12(20-2)19-13(18-11)21-3/h5-7H,16H2,1-4H3. The Kier molecular flexibility index (Phi) is 4.97. The fourth-order valence-corrected chi connectivity index (χ4v) is 2.85. The maximum atomic E-state index is 6.14. The van der Waals surface area contributed by atoms with Crippen LogP contribution < -0.4 is 15.2 Å². The van der Waals surface area contributed by atoms with E-state index in [1.165, 1.54) is 26.0 Å². The molecule has 2 rings (SSSR count). The molecule has 0 aliphatic carbocycles. The molecule has 2 N–H and O–H groups in total. The summed E-state index contributed by atoms with van der Waals surface area (Å²) in [5.74, 6) is 0.484. The number of rotatable bonds is 5. The van der Waals surface area contributed by atoms with Gasteiger partial charge in [-0.1, -0.05) is 23.7 Å². The number of nitrogen functional groups attached to an aromatic ring is 1. The highest BCUT2D eigenvalue weighted by Gasteiger charge is 2.35. The molecule has 22 heavy (non-hydrogen) atoms. The molecular weight excluding hydrogens is 324 g/mol. The number of hydrogen-bond acceptors (Lipinski definition) is 7. The van der Waals surface area contributed by atoms with Gasteiger partial charge in [0.15, 0.2) is 5.82 Å². The summed E-state index contributed by atoms with van der Waals surface area (Å²) >= 11 is 7.68. The molecular formula is C14H17ClN4O2S. The van der Waals surface area contributed by atoms with Crippen molar-refractivity contribution in [3.05, 3.63) is 34.6 Å². The predicted octanol–water partition coefficient (Wildman–Crippen LogP) is 2.75. The van der Waals surface area contributed by atoms with Crippen LogP contribution in [-0.2, 0) is 4.75 Å². The topological polar surface area (TPSA) is 83.2 Å². The van der Waals surface area contributed by atoms with Crippen molar-refractivity contribution in [2.75, 3.05) is 26.2 Å². The first kappa shape index (κ1) is 16.6. The molecule has 0 spiro atoms. The molecule has 1 aromatic heterocycles. The Morgan fingerprint density at radius 1 is 1.14 bits per heavy atom. The van der Waals surface area contributed by atoms with Crippen LogP contribution in [0.5, 0.6) is 12.0 Å². The predicted molar refractivity (Wildman–Crippen MR) is 88.8 cm³/mol. The molecule has 1 atom stereocenters. The highest BCUT2D eigenvalue weighted by molar-refractivity contribution is 7.99. The van der Waals surface area contributed by atoms with E-state index in [2.05, 4.69) is 15.0 Å². The fraction of sp³-hybridized carbons (Fsp3) is 0.357. The van der Waals surface area contributed by atoms with Crippen LogP contribution in [0.2, 0.25) is 5.02 Å². The van der Waals surface area contributed by atoms with Crippen LogP contribution >= 0.6 is 23.4 Å². The zero-order valence-electron chi connectivity index (χ0n) is 12.8. The number of hydrogen-bond donors (Lipinski definition) is 1. The van der Waals surface area contributed by atoms with Gasteiger partial charge in [0.25, 0.3) is 0 Å². The molecule has 1 heterocycles. The Bertz CT molecular complexity index is 664. The van der Waals surface area contributed by atoms with Crippen LogP contribution in [0.1, 0.15) is 18.3 Å². The van der Waals surface area contributed by atoms with Gasteiger partial charge in [-0.05, 0) is 24.8 Å². The summed E-state index contributed by atoms with van der Waals surface area (Å²) in [5.41, 5.74) is 7.47. The van der Waals surface area contributed by atoms with E-state index in [9.17, 15) is 0 Å². The first-order valence-electron chi connectivity index (χ1n) is 6.40. The van der Waals surface area contributed by atoms with Crippen LogP contribution in [0.15, 0.2) is 18.2 Å². The fourth-order valence-electron chi connectivity index (χ4n) is 2.01. The second-order valence-electron chi connectivity index (χ2n) is 4.57. The number of thioether (sulfide) groups is 1. The lowest BCUT2D eigenvalue weighted by Crippen LogP contribution is -2.24. The smallest absolute Gasteiger partial charge is 0.322 e. The molecule has 0 amide bonds. The van der Waals surface area contributed by atoms with E-state index in [-0.39, 0.29) is 12.0 Å². The van der Waals surface area contributed by atoms with Gasteiger partial charge in [0.1, 0.15) is 0 Å². The minimum atomic E-state index is -0.627. The lowest BCUT2D eigenvalue weighted by atomic mass is 9.97. The zero-order chi connectivity index (χ0) is 16.3. The lowest BCUT2D eigenvalue weighted by molar-refractivity contribution is 0.334. The molecule has 0 bridgehead atoms. The van der Waals surface area contributed by atoms with Gasteiger partial charge >= 0.3 is 12.0 Å². The summed E-state index contributed by atoms with van der Waals surface area (Å²) in [5, 5.41) is 0.491. The summed E-state index contributed by atoms with van der Waals surface area (Å²) in [6.45, 7) is 1.97. The number of aromatic nitrogens is 3. The third-order valence-corrected chi connectivity index (χ3v) is 4.91. The molecule has 6 nitrogen and oxygen atoms in total. The van der Waals surface area contributed by atoms with Gasteiger partial charge < -0.3 is 15.2 Å². The minimum absolute atomic E-state index is 0.183. The van der Waals surface area contributed by atoms with Gasteiger partial charge in [-0.15, -0.1) is 16.7 Å². The second-order valence-corrected chi connectivity index (χ2v) is 6.20. The van der Waals surface area contributed by atoms with E-state index in [1.54, 1.807) is 6.07 Å². The summed E-state index contributed by atoms with van der Waals surface area (Å²) in [6.07, 6.45) is 1.95. The largest absolute Gasteiger partial charge is 0.467 e. The third-order valence-electron chi connectivity index (χ3n) is 3.36. The highest BCUT2D eigenvalue weighted by atomic mass is 35.5. The van der Waals surface area contributed by atoms with E-state index >= 15 is 0 Å². The summed E-state index contributed by atoms with van der Waals surface area (Å²) < 4.78 is 9.61. The van der Waals surface area contributed by atoms with Crippen molar-refractivity contribution in [1.82, 2.24) is 15.0 Å². The average Bonchev–Trinajstić information content (AvgIpc) is 2.56. The normalized spacial score (nSPS) is 13.5. The van der Waals surface area contributed by atoms with Crippen molar-refractivity contribution in [1.29, 1.82) is 0 Å². The number of anilines is 1. The Morgan fingerprint density at radius 3 is 2.23 bits per heavy atom. The number of nitrogens with two attached hydrogens (primary N) is 1. The minimum Gasteiger partial charge on any atom is -0.467 e. The highest BCUT2D eigenvalue weighted by Crippen LogP contribution is 2.44. The number of benzene rings is 1. The van der Waals surface area contributed by atoms with E-state index in [1.807, 2.05) is 25.3 Å². The van der Waals surface area contributed by atoms with Gasteiger partial charge in [0.2, 0.25) is 0 Å². The van der Waals surface area contributed by atoms with Crippen molar-refractivity contribution >= 4 is 29.1 Å². The van der Waals surface area contributed by atoms with E-state index in [0.717, 1.165) is 5.56 Å². The second kappa shape index (κ2) is 6.58. The molecule has 0 saturated carbocycles. The molecule has 1 aromatic carbocycles. The van der Waals surface area contributed by atoms with Crippen LogP contribution in [-0.4, -0.2) is 35.4 Å². The van der Waals surface area contributed by atoms with Crippen LogP contribution in [0.4, 0.5) is 5.69 Å². The van der Waals surface area contributed by atoms with Crippen LogP contribution in [0.3, 0.4) is 0 Å². The number of ether oxygens (including phenoxy) is 2. The SMILES string of the molecule is COc1nc(OC)nc(C(C)(SC)c2cccc(Cl)c2N)n1. The quantitative estimate of drug-likeness (QED) is 0.838. The molecule has 0 radical (unpaired) electrons. The summed E-state index contributed by atoms with van der Waals surface area (Å²) in [6, 6.07) is 5.86. The van der Waals surface area contributed by atoms with Crippen molar-refractivity contribution in [3.63, 3.8) is 0 Å². The molecule has 118 valence electrons. The van der Waals surface area contributed by atoms with E-state index in [4.69, 9.17) is 26.8 Å². The van der Waals surface area contributed by atoms with Crippen molar-refractivity contribution in [2.45, 2.75) is 11.7 Å². The van der Waals surface area contributed by atoms with E-state index < -0.39 is 4.75 Å². The Balaban J connectivity index is 2.66. The van der Waals surface area contributed by atoms with Crippen molar-refractivity contribution < 1.29 is 9.47 Å². The number of para-hydroxylation sites is 1. The summed E-state index contributed by atoms with van der Waals surface area (Å²) in [7, 11) is 2.98. The van der Waals surface area contributed by atoms with Crippen LogP contribution in [0.25, 0.3) is 0 Å². The molecule has 0 aliphatic rings. The molecule has 0 saturated heterocycles. The third kappa shape index (κ3) is 2.91. The molecule has 0 aliphatic heterocycles. The van der Waals surface area contributed by atoms with Crippen LogP contribution in [0, 0.1) is 0 Å². The monoisotopic (exact) mass is 340 g/mol. The van der Waals surface area contributed by atoms with Gasteiger partial charge in [0, 0.05) is 0 Å². The molecule has 2 aromatic rings. The van der Waals surface area contributed by atoms with Gasteiger partial charge in [-0.25, -0.2) is 0 Å². The maximum Gasteiger partial charge on any atom is 0.322 e. The Morgan fingerprint density at radius 2 is 1.73 bits per heavy atom. The lowest BCUT2D eigenvalue weighted by Gasteiger charge is -2.28. The molecule has 8 heteroatoms. The van der Waals surface area contributed by atoms with Gasteiger partial charge in [-0.2, -0.15) is 9.97 Å². The maximum absolute atomic E-state index is 6.14. The first-order valence-corrected chi connectivity index (χ1v) is 8.00. The summed E-state index contributed by atoms with van der Waals surface area (Å²) in [4.78, 5) is 12.7. The number of halogens is 1. The molecule has 0 fully saturated rings. The van der Waals surface area contributed by atoms with Gasteiger partial charge in [0.05, 0.1) is 29.7 Å². The van der Waals surface area contributed by atoms with Crippen molar-refractivity contribution in [3.8, 4) is 12.0 Å². The average molecular weight is 341 g/mol.